The largest absolute Gasteiger partial charge is 0.480 e. The summed E-state index contributed by atoms with van der Waals surface area (Å²) in [6.07, 6.45) is 2.56. The molecule has 0 saturated carbocycles. The Labute approximate surface area is 165 Å². The van der Waals surface area contributed by atoms with Gasteiger partial charge < -0.3 is 20.2 Å². The molecular formula is C19H19N3O7. The molecule has 1 unspecified atom stereocenters. The molecule has 2 amide bonds. The first-order valence-corrected chi connectivity index (χ1v) is 8.53. The second-order valence-electron chi connectivity index (χ2n) is 6.37. The third-order valence-corrected chi connectivity index (χ3v) is 3.87. The van der Waals surface area contributed by atoms with Crippen LogP contribution in [0.5, 0.6) is 0 Å². The highest BCUT2D eigenvalue weighted by atomic mass is 16.6. The fourth-order valence-electron chi connectivity index (χ4n) is 2.34. The molecule has 0 fully saturated rings. The van der Waals surface area contributed by atoms with Crippen molar-refractivity contribution < 1.29 is 28.8 Å². The molecule has 0 aliphatic rings. The molecule has 0 spiro atoms. The highest BCUT2D eigenvalue weighted by Gasteiger charge is 2.26. The van der Waals surface area contributed by atoms with Gasteiger partial charge in [0.25, 0.3) is 17.5 Å². The topological polar surface area (TPSA) is 152 Å². The summed E-state index contributed by atoms with van der Waals surface area (Å²) < 4.78 is 4.99. The van der Waals surface area contributed by atoms with E-state index in [-0.39, 0.29) is 17.1 Å². The number of hydrogen-bond donors (Lipinski definition) is 3. The maximum Gasteiger partial charge on any atom is 0.326 e. The molecule has 1 aromatic carbocycles. The minimum atomic E-state index is -1.22. The summed E-state index contributed by atoms with van der Waals surface area (Å²) in [7, 11) is 0. The molecule has 0 radical (unpaired) electrons. The van der Waals surface area contributed by atoms with Gasteiger partial charge in [-0.25, -0.2) is 4.79 Å². The zero-order chi connectivity index (χ0) is 21.6. The van der Waals surface area contributed by atoms with Gasteiger partial charge in [0.15, 0.2) is 5.76 Å². The maximum atomic E-state index is 12.7. The molecule has 0 bridgehead atoms. The Morgan fingerprint density at radius 2 is 1.83 bits per heavy atom. The molecule has 0 saturated heterocycles. The van der Waals surface area contributed by atoms with Crippen LogP contribution in [0, 0.1) is 16.0 Å². The van der Waals surface area contributed by atoms with Crippen LogP contribution >= 0.6 is 0 Å². The van der Waals surface area contributed by atoms with E-state index in [9.17, 15) is 29.6 Å². The lowest BCUT2D eigenvalue weighted by Crippen LogP contribution is -2.47. The Morgan fingerprint density at radius 1 is 1.17 bits per heavy atom. The minimum Gasteiger partial charge on any atom is -0.480 e. The summed E-state index contributed by atoms with van der Waals surface area (Å²) in [6.45, 7) is 3.25. The number of carbonyl (C=O) groups excluding carboxylic acids is 2. The number of nitrogens with zero attached hydrogens (tertiary/aromatic N) is 1. The average Bonchev–Trinajstić information content (AvgIpc) is 3.20. The Morgan fingerprint density at radius 3 is 2.31 bits per heavy atom. The van der Waals surface area contributed by atoms with Crippen molar-refractivity contribution in [2.24, 2.45) is 5.92 Å². The highest BCUT2D eigenvalue weighted by Crippen LogP contribution is 2.15. The Balaban J connectivity index is 2.33. The van der Waals surface area contributed by atoms with Crippen LogP contribution in [0.4, 0.5) is 5.69 Å². The summed E-state index contributed by atoms with van der Waals surface area (Å²) in [4.78, 5) is 46.5. The third kappa shape index (κ3) is 5.76. The fraction of sp³-hybridized carbons (Fsp3) is 0.211. The predicted molar refractivity (Wildman–Crippen MR) is 102 cm³/mol. The number of amides is 2. The van der Waals surface area contributed by atoms with Crippen LogP contribution in [-0.4, -0.2) is 33.9 Å². The Bertz CT molecular complexity index is 931. The van der Waals surface area contributed by atoms with Crippen molar-refractivity contribution >= 4 is 29.5 Å². The highest BCUT2D eigenvalue weighted by molar-refractivity contribution is 6.05. The lowest BCUT2D eigenvalue weighted by atomic mass is 10.0. The van der Waals surface area contributed by atoms with Crippen LogP contribution in [0.2, 0.25) is 0 Å². The van der Waals surface area contributed by atoms with E-state index in [4.69, 9.17) is 4.42 Å². The predicted octanol–water partition coefficient (Wildman–Crippen LogP) is 2.18. The molecule has 3 N–H and O–H groups in total. The molecule has 1 atom stereocenters. The van der Waals surface area contributed by atoms with Crippen molar-refractivity contribution in [3.05, 3.63) is 69.8 Å². The first-order chi connectivity index (χ1) is 13.7. The SMILES string of the molecule is CC(C)C(NC(=O)C(=Cc1ccc([N+](=O)[O-])cc1)NC(=O)c1ccco1)C(=O)O. The van der Waals surface area contributed by atoms with Crippen LogP contribution in [-0.2, 0) is 9.59 Å². The third-order valence-electron chi connectivity index (χ3n) is 3.87. The fourth-order valence-corrected chi connectivity index (χ4v) is 2.34. The van der Waals surface area contributed by atoms with Crippen molar-refractivity contribution in [2.45, 2.75) is 19.9 Å². The number of carbonyl (C=O) groups is 3. The van der Waals surface area contributed by atoms with Crippen molar-refractivity contribution in [1.82, 2.24) is 10.6 Å². The molecule has 152 valence electrons. The van der Waals surface area contributed by atoms with Crippen LogP contribution in [0.3, 0.4) is 0 Å². The van der Waals surface area contributed by atoms with Crippen molar-refractivity contribution in [3.63, 3.8) is 0 Å². The van der Waals surface area contributed by atoms with E-state index < -0.39 is 34.7 Å². The summed E-state index contributed by atoms with van der Waals surface area (Å²) in [5.74, 6) is -3.22. The molecule has 10 heteroatoms. The van der Waals surface area contributed by atoms with Gasteiger partial charge in [0.2, 0.25) is 0 Å². The Hall–Kier alpha value is -3.95. The minimum absolute atomic E-state index is 0.0500. The first kappa shape index (κ1) is 21.4. The van der Waals surface area contributed by atoms with Gasteiger partial charge in [0, 0.05) is 12.1 Å². The van der Waals surface area contributed by atoms with E-state index in [2.05, 4.69) is 10.6 Å². The van der Waals surface area contributed by atoms with Gasteiger partial charge in [-0.15, -0.1) is 0 Å². The quantitative estimate of drug-likeness (QED) is 0.348. The number of nitrogens with one attached hydrogen (secondary N) is 2. The van der Waals surface area contributed by atoms with Gasteiger partial charge in [-0.05, 0) is 41.8 Å². The van der Waals surface area contributed by atoms with Crippen LogP contribution in [0.1, 0.15) is 30.0 Å². The first-order valence-electron chi connectivity index (χ1n) is 8.53. The maximum absolute atomic E-state index is 12.7. The molecule has 0 aliphatic heterocycles. The molecule has 0 aliphatic carbocycles. The monoisotopic (exact) mass is 401 g/mol. The molecule has 2 rings (SSSR count). The molecule has 2 aromatic rings. The number of carboxylic acid groups (broad SMARTS) is 1. The number of aliphatic carboxylic acids is 1. The van der Waals surface area contributed by atoms with Crippen molar-refractivity contribution in [1.29, 1.82) is 0 Å². The van der Waals surface area contributed by atoms with E-state index >= 15 is 0 Å². The average molecular weight is 401 g/mol. The van der Waals surface area contributed by atoms with Gasteiger partial charge in [-0.2, -0.15) is 0 Å². The smallest absolute Gasteiger partial charge is 0.326 e. The van der Waals surface area contributed by atoms with Crippen LogP contribution in [0.15, 0.2) is 52.8 Å². The number of non-ortho nitro benzene ring substituents is 1. The van der Waals surface area contributed by atoms with Crippen molar-refractivity contribution in [2.75, 3.05) is 0 Å². The zero-order valence-corrected chi connectivity index (χ0v) is 15.6. The van der Waals surface area contributed by atoms with Crippen LogP contribution in [0.25, 0.3) is 6.08 Å². The second kappa shape index (κ2) is 9.31. The molecule has 10 nitrogen and oxygen atoms in total. The van der Waals surface area contributed by atoms with Gasteiger partial charge in [0.05, 0.1) is 11.2 Å². The van der Waals surface area contributed by atoms with E-state index in [0.717, 1.165) is 0 Å². The second-order valence-corrected chi connectivity index (χ2v) is 6.37. The van der Waals surface area contributed by atoms with E-state index in [1.165, 1.54) is 48.7 Å². The van der Waals surface area contributed by atoms with E-state index in [0.29, 0.717) is 5.56 Å². The summed E-state index contributed by atoms with van der Waals surface area (Å²) in [5.41, 5.74) is 0.00240. The Kier molecular flexibility index (Phi) is 6.85. The van der Waals surface area contributed by atoms with Gasteiger partial charge >= 0.3 is 5.97 Å². The standard InChI is InChI=1S/C19H19N3O7/c1-11(2)16(19(25)26)21-17(23)14(20-18(24)15-4-3-9-29-15)10-12-5-7-13(8-6-12)22(27)28/h3-11,16H,1-2H3,(H,20,24)(H,21,23)(H,25,26). The number of benzene rings is 1. The van der Waals surface area contributed by atoms with E-state index in [1.54, 1.807) is 13.8 Å². The number of hydrogen-bond acceptors (Lipinski definition) is 6. The normalized spacial score (nSPS) is 12.3. The lowest BCUT2D eigenvalue weighted by molar-refractivity contribution is -0.384. The van der Waals surface area contributed by atoms with Gasteiger partial charge in [-0.1, -0.05) is 13.8 Å². The van der Waals surface area contributed by atoms with Crippen molar-refractivity contribution in [3.8, 4) is 0 Å². The summed E-state index contributed by atoms with van der Waals surface area (Å²) in [6, 6.07) is 6.97. The number of nitro benzene ring substituents is 1. The molecule has 1 aromatic heterocycles. The number of furan rings is 1. The van der Waals surface area contributed by atoms with Gasteiger partial charge in [0.1, 0.15) is 11.7 Å². The molecular weight excluding hydrogens is 382 g/mol. The number of carboxylic acids is 1. The van der Waals surface area contributed by atoms with Crippen LogP contribution < -0.4 is 10.6 Å². The molecule has 1 heterocycles. The lowest BCUT2D eigenvalue weighted by Gasteiger charge is -2.19. The van der Waals surface area contributed by atoms with E-state index in [1.807, 2.05) is 0 Å². The van der Waals surface area contributed by atoms with Gasteiger partial charge in [-0.3, -0.25) is 19.7 Å². The number of nitro groups is 1. The molecule has 29 heavy (non-hydrogen) atoms. The number of rotatable bonds is 8. The zero-order valence-electron chi connectivity index (χ0n) is 15.6. The summed E-state index contributed by atoms with van der Waals surface area (Å²) in [5, 5.41) is 24.8. The summed E-state index contributed by atoms with van der Waals surface area (Å²) >= 11 is 0.